The fraction of sp³-hybridized carbons (Fsp3) is 0.818. The number of hydrogen-bond donors (Lipinski definition) is 0. The van der Waals surface area contributed by atoms with Crippen LogP contribution in [0.3, 0.4) is 0 Å². The second kappa shape index (κ2) is 5.13. The van der Waals surface area contributed by atoms with Crippen LogP contribution in [-0.4, -0.2) is 18.4 Å². The van der Waals surface area contributed by atoms with Crippen LogP contribution < -0.4 is 0 Å². The maximum Gasteiger partial charge on any atom is 0.313 e. The zero-order chi connectivity index (χ0) is 10.6. The highest BCUT2D eigenvalue weighted by atomic mass is 16.5. The lowest BCUT2D eigenvalue weighted by atomic mass is 9.74. The van der Waals surface area contributed by atoms with Gasteiger partial charge >= 0.3 is 5.97 Å². The van der Waals surface area contributed by atoms with Crippen molar-refractivity contribution in [2.75, 3.05) is 6.61 Å². The number of ether oxygens (including phenoxy) is 1. The van der Waals surface area contributed by atoms with Gasteiger partial charge in [0.25, 0.3) is 0 Å². The van der Waals surface area contributed by atoms with E-state index in [2.05, 4.69) is 0 Å². The second-order valence-corrected chi connectivity index (χ2v) is 3.93. The summed E-state index contributed by atoms with van der Waals surface area (Å²) in [6.45, 7) is 4.02. The summed E-state index contributed by atoms with van der Waals surface area (Å²) in [4.78, 5) is 22.6. The highest BCUT2D eigenvalue weighted by Gasteiger charge is 2.29. The van der Waals surface area contributed by atoms with Gasteiger partial charge in [0.05, 0.1) is 6.61 Å². The van der Waals surface area contributed by atoms with Gasteiger partial charge in [-0.05, 0) is 25.7 Å². The molecule has 0 amide bonds. The van der Waals surface area contributed by atoms with Crippen molar-refractivity contribution in [2.24, 2.45) is 11.8 Å². The van der Waals surface area contributed by atoms with E-state index in [1.807, 2.05) is 6.92 Å². The molecule has 80 valence electrons. The summed E-state index contributed by atoms with van der Waals surface area (Å²) >= 11 is 0. The standard InChI is InChI=1S/C11H18O3/c1-3-14-11(13)7-10(12)8(2)9-5-4-6-9/h8-9H,3-7H2,1-2H3. The molecular weight excluding hydrogens is 180 g/mol. The number of carbonyl (C=O) groups excluding carboxylic acids is 2. The number of rotatable bonds is 5. The van der Waals surface area contributed by atoms with E-state index in [1.165, 1.54) is 6.42 Å². The SMILES string of the molecule is CCOC(=O)CC(=O)C(C)C1CCC1. The molecule has 0 saturated heterocycles. The lowest BCUT2D eigenvalue weighted by Gasteiger charge is -2.30. The van der Waals surface area contributed by atoms with Crippen molar-refractivity contribution in [1.82, 2.24) is 0 Å². The molecule has 1 saturated carbocycles. The van der Waals surface area contributed by atoms with Crippen LogP contribution in [0.25, 0.3) is 0 Å². The Morgan fingerprint density at radius 2 is 2.07 bits per heavy atom. The molecule has 1 aliphatic carbocycles. The molecule has 0 aliphatic heterocycles. The Bertz CT molecular complexity index is 219. The number of hydrogen-bond acceptors (Lipinski definition) is 3. The molecule has 0 aromatic heterocycles. The lowest BCUT2D eigenvalue weighted by molar-refractivity contribution is -0.146. The van der Waals surface area contributed by atoms with Gasteiger partial charge in [-0.15, -0.1) is 0 Å². The van der Waals surface area contributed by atoms with Crippen LogP contribution in [-0.2, 0) is 14.3 Å². The number of Topliss-reactive ketones (excluding diaryl/α,β-unsaturated/α-hetero) is 1. The Kier molecular flexibility index (Phi) is 4.11. The third kappa shape index (κ3) is 2.82. The zero-order valence-electron chi connectivity index (χ0n) is 8.91. The number of carbonyl (C=O) groups is 2. The first-order valence-electron chi connectivity index (χ1n) is 5.33. The fourth-order valence-corrected chi connectivity index (χ4v) is 1.72. The highest BCUT2D eigenvalue weighted by Crippen LogP contribution is 2.34. The third-order valence-electron chi connectivity index (χ3n) is 2.99. The van der Waals surface area contributed by atoms with E-state index in [-0.39, 0.29) is 24.1 Å². The average molecular weight is 198 g/mol. The average Bonchev–Trinajstić information content (AvgIpc) is 2.01. The van der Waals surface area contributed by atoms with Crippen LogP contribution in [0, 0.1) is 11.8 Å². The van der Waals surface area contributed by atoms with Crippen LogP contribution in [0.5, 0.6) is 0 Å². The maximum atomic E-state index is 11.6. The lowest BCUT2D eigenvalue weighted by Crippen LogP contribution is -2.28. The maximum absolute atomic E-state index is 11.6. The molecule has 1 atom stereocenters. The number of esters is 1. The van der Waals surface area contributed by atoms with Crippen molar-refractivity contribution in [1.29, 1.82) is 0 Å². The molecule has 0 aromatic carbocycles. The first kappa shape index (κ1) is 11.2. The zero-order valence-corrected chi connectivity index (χ0v) is 8.91. The van der Waals surface area contributed by atoms with Gasteiger partial charge in [0.2, 0.25) is 0 Å². The van der Waals surface area contributed by atoms with E-state index < -0.39 is 0 Å². The van der Waals surface area contributed by atoms with Crippen molar-refractivity contribution in [2.45, 2.75) is 39.5 Å². The van der Waals surface area contributed by atoms with Crippen LogP contribution in [0.1, 0.15) is 39.5 Å². The van der Waals surface area contributed by atoms with Crippen molar-refractivity contribution >= 4 is 11.8 Å². The van der Waals surface area contributed by atoms with E-state index in [9.17, 15) is 9.59 Å². The second-order valence-electron chi connectivity index (χ2n) is 3.93. The molecule has 14 heavy (non-hydrogen) atoms. The first-order valence-corrected chi connectivity index (χ1v) is 5.33. The van der Waals surface area contributed by atoms with E-state index in [4.69, 9.17) is 4.74 Å². The topological polar surface area (TPSA) is 43.4 Å². The summed E-state index contributed by atoms with van der Waals surface area (Å²) in [6.07, 6.45) is 3.44. The molecule has 1 unspecified atom stereocenters. The minimum absolute atomic E-state index is 0.0353. The van der Waals surface area contributed by atoms with E-state index in [0.29, 0.717) is 12.5 Å². The summed E-state index contributed by atoms with van der Waals surface area (Å²) in [6, 6.07) is 0. The molecule has 0 heterocycles. The minimum Gasteiger partial charge on any atom is -0.466 e. The Morgan fingerprint density at radius 3 is 2.50 bits per heavy atom. The number of ketones is 1. The molecule has 0 radical (unpaired) electrons. The molecule has 1 fully saturated rings. The summed E-state index contributed by atoms with van der Waals surface area (Å²) < 4.78 is 4.73. The van der Waals surface area contributed by atoms with Gasteiger partial charge < -0.3 is 4.74 Å². The summed E-state index contributed by atoms with van der Waals surface area (Å²) in [5.74, 6) is 0.196. The van der Waals surface area contributed by atoms with Gasteiger partial charge in [-0.25, -0.2) is 0 Å². The van der Waals surface area contributed by atoms with Crippen molar-refractivity contribution in [3.05, 3.63) is 0 Å². The van der Waals surface area contributed by atoms with E-state index in [1.54, 1.807) is 6.92 Å². The Labute approximate surface area is 84.8 Å². The van der Waals surface area contributed by atoms with Gasteiger partial charge in [0.15, 0.2) is 0 Å². The van der Waals surface area contributed by atoms with E-state index in [0.717, 1.165) is 12.8 Å². The van der Waals surface area contributed by atoms with Gasteiger partial charge in [-0.3, -0.25) is 9.59 Å². The summed E-state index contributed by atoms with van der Waals surface area (Å²) in [7, 11) is 0. The first-order chi connectivity index (χ1) is 6.65. The predicted octanol–water partition coefficient (Wildman–Crippen LogP) is 1.94. The van der Waals surface area contributed by atoms with Gasteiger partial charge in [0.1, 0.15) is 12.2 Å². The summed E-state index contributed by atoms with van der Waals surface area (Å²) in [5.41, 5.74) is 0. The smallest absolute Gasteiger partial charge is 0.313 e. The highest BCUT2D eigenvalue weighted by molar-refractivity contribution is 5.96. The quantitative estimate of drug-likeness (QED) is 0.501. The fourth-order valence-electron chi connectivity index (χ4n) is 1.72. The normalized spacial score (nSPS) is 18.4. The minimum atomic E-state index is -0.385. The van der Waals surface area contributed by atoms with Crippen LogP contribution in [0.4, 0.5) is 0 Å². The molecular formula is C11H18O3. The van der Waals surface area contributed by atoms with E-state index >= 15 is 0 Å². The largest absolute Gasteiger partial charge is 0.466 e. The molecule has 1 aliphatic rings. The summed E-state index contributed by atoms with van der Waals surface area (Å²) in [5, 5.41) is 0. The van der Waals surface area contributed by atoms with Gasteiger partial charge in [-0.2, -0.15) is 0 Å². The molecule has 0 bridgehead atoms. The molecule has 3 heteroatoms. The van der Waals surface area contributed by atoms with Gasteiger partial charge in [-0.1, -0.05) is 13.3 Å². The molecule has 0 aromatic rings. The molecule has 0 N–H and O–H groups in total. The predicted molar refractivity (Wildman–Crippen MR) is 52.8 cm³/mol. The van der Waals surface area contributed by atoms with Crippen molar-refractivity contribution in [3.8, 4) is 0 Å². The molecule has 1 rings (SSSR count). The third-order valence-corrected chi connectivity index (χ3v) is 2.99. The Balaban J connectivity index is 2.29. The van der Waals surface area contributed by atoms with Crippen LogP contribution in [0.15, 0.2) is 0 Å². The van der Waals surface area contributed by atoms with Crippen LogP contribution >= 0.6 is 0 Å². The Hall–Kier alpha value is -0.860. The van der Waals surface area contributed by atoms with Gasteiger partial charge in [0, 0.05) is 5.92 Å². The monoisotopic (exact) mass is 198 g/mol. The van der Waals surface area contributed by atoms with Crippen molar-refractivity contribution in [3.63, 3.8) is 0 Å². The molecule has 0 spiro atoms. The Morgan fingerprint density at radius 1 is 1.43 bits per heavy atom. The van der Waals surface area contributed by atoms with Crippen molar-refractivity contribution < 1.29 is 14.3 Å². The molecule has 3 nitrogen and oxygen atoms in total. The van der Waals surface area contributed by atoms with Crippen LogP contribution in [0.2, 0.25) is 0 Å².